The zero-order valence-electron chi connectivity index (χ0n) is 9.24. The van der Waals surface area contributed by atoms with Gasteiger partial charge < -0.3 is 5.73 Å². The number of hydrogen-bond donors (Lipinski definition) is 1. The molecule has 1 aromatic rings. The molecule has 0 saturated heterocycles. The molecule has 0 atom stereocenters. The van der Waals surface area contributed by atoms with Gasteiger partial charge in [-0.15, -0.1) is 0 Å². The SMILES string of the molecule is CCCCS(=O)(=O)Cc1cc(F)ccc1N. The van der Waals surface area contributed by atoms with Gasteiger partial charge in [-0.3, -0.25) is 0 Å². The first-order chi connectivity index (χ1) is 7.44. The highest BCUT2D eigenvalue weighted by Gasteiger charge is 2.13. The summed E-state index contributed by atoms with van der Waals surface area (Å²) < 4.78 is 36.2. The molecule has 0 radical (unpaired) electrons. The van der Waals surface area contributed by atoms with Crippen molar-refractivity contribution in [1.82, 2.24) is 0 Å². The molecule has 1 aromatic carbocycles. The van der Waals surface area contributed by atoms with Gasteiger partial charge in [0.15, 0.2) is 9.84 Å². The molecule has 0 fully saturated rings. The highest BCUT2D eigenvalue weighted by molar-refractivity contribution is 7.90. The number of benzene rings is 1. The molecular formula is C11H16FNO2S. The maximum atomic E-state index is 12.9. The quantitative estimate of drug-likeness (QED) is 0.808. The van der Waals surface area contributed by atoms with Crippen molar-refractivity contribution >= 4 is 15.5 Å². The fourth-order valence-corrected chi connectivity index (χ4v) is 2.97. The maximum Gasteiger partial charge on any atom is 0.154 e. The van der Waals surface area contributed by atoms with Crippen molar-refractivity contribution in [2.75, 3.05) is 11.5 Å². The van der Waals surface area contributed by atoms with Crippen molar-refractivity contribution in [3.05, 3.63) is 29.6 Å². The number of hydrogen-bond acceptors (Lipinski definition) is 3. The number of nitrogens with two attached hydrogens (primary N) is 1. The lowest BCUT2D eigenvalue weighted by atomic mass is 10.2. The Morgan fingerprint density at radius 2 is 2.06 bits per heavy atom. The van der Waals surface area contributed by atoms with Crippen LogP contribution in [0.15, 0.2) is 18.2 Å². The van der Waals surface area contributed by atoms with Gasteiger partial charge in [-0.05, 0) is 30.2 Å². The highest BCUT2D eigenvalue weighted by atomic mass is 32.2. The molecule has 90 valence electrons. The van der Waals surface area contributed by atoms with Gasteiger partial charge in [0, 0.05) is 5.69 Å². The maximum absolute atomic E-state index is 12.9. The number of halogens is 1. The van der Waals surface area contributed by atoms with Gasteiger partial charge in [-0.25, -0.2) is 12.8 Å². The number of rotatable bonds is 5. The van der Waals surface area contributed by atoms with Crippen LogP contribution in [0.4, 0.5) is 10.1 Å². The Kier molecular flexibility index (Phi) is 4.29. The summed E-state index contributed by atoms with van der Waals surface area (Å²) in [5, 5.41) is 0. The Bertz CT molecular complexity index is 457. The van der Waals surface area contributed by atoms with Crippen LogP contribution in [-0.4, -0.2) is 14.2 Å². The number of anilines is 1. The predicted molar refractivity (Wildman–Crippen MR) is 63.2 cm³/mol. The zero-order chi connectivity index (χ0) is 12.2. The first kappa shape index (κ1) is 13.0. The molecular weight excluding hydrogens is 229 g/mol. The lowest BCUT2D eigenvalue weighted by Crippen LogP contribution is -2.10. The van der Waals surface area contributed by atoms with Gasteiger partial charge in [0.2, 0.25) is 0 Å². The summed E-state index contributed by atoms with van der Waals surface area (Å²) in [5.41, 5.74) is 6.26. The van der Waals surface area contributed by atoms with Gasteiger partial charge in [0.05, 0.1) is 11.5 Å². The molecule has 0 aliphatic heterocycles. The van der Waals surface area contributed by atoms with Gasteiger partial charge in [0.1, 0.15) is 5.82 Å². The van der Waals surface area contributed by atoms with Gasteiger partial charge in [-0.2, -0.15) is 0 Å². The fourth-order valence-electron chi connectivity index (χ4n) is 1.37. The van der Waals surface area contributed by atoms with E-state index in [-0.39, 0.29) is 11.5 Å². The smallest absolute Gasteiger partial charge is 0.154 e. The Balaban J connectivity index is 2.83. The van der Waals surface area contributed by atoms with Crippen LogP contribution >= 0.6 is 0 Å². The van der Waals surface area contributed by atoms with E-state index < -0.39 is 15.7 Å². The van der Waals surface area contributed by atoms with E-state index in [2.05, 4.69) is 0 Å². The minimum atomic E-state index is -3.18. The molecule has 0 unspecified atom stereocenters. The van der Waals surface area contributed by atoms with Crippen molar-refractivity contribution in [3.8, 4) is 0 Å². The van der Waals surface area contributed by atoms with Gasteiger partial charge in [-0.1, -0.05) is 13.3 Å². The summed E-state index contributed by atoms with van der Waals surface area (Å²) in [6.07, 6.45) is 1.44. The molecule has 16 heavy (non-hydrogen) atoms. The molecule has 2 N–H and O–H groups in total. The predicted octanol–water partition coefficient (Wildman–Crippen LogP) is 2.12. The summed E-state index contributed by atoms with van der Waals surface area (Å²) in [5.74, 6) is -0.523. The molecule has 0 spiro atoms. The minimum Gasteiger partial charge on any atom is -0.398 e. The Morgan fingerprint density at radius 1 is 1.38 bits per heavy atom. The summed E-state index contributed by atoms with van der Waals surface area (Å²) in [6.45, 7) is 1.92. The summed E-state index contributed by atoms with van der Waals surface area (Å²) >= 11 is 0. The van der Waals surface area contributed by atoms with Crippen LogP contribution in [-0.2, 0) is 15.6 Å². The van der Waals surface area contributed by atoms with Crippen LogP contribution in [0.25, 0.3) is 0 Å². The van der Waals surface area contributed by atoms with Crippen molar-refractivity contribution in [2.24, 2.45) is 0 Å². The third-order valence-corrected chi connectivity index (χ3v) is 3.95. The molecule has 0 bridgehead atoms. The standard InChI is InChI=1S/C11H16FNO2S/c1-2-3-6-16(14,15)8-9-7-10(12)4-5-11(9)13/h4-5,7H,2-3,6,8,13H2,1H3. The van der Waals surface area contributed by atoms with Crippen LogP contribution in [0.1, 0.15) is 25.3 Å². The summed E-state index contributed by atoms with van der Waals surface area (Å²) in [6, 6.07) is 3.79. The summed E-state index contributed by atoms with van der Waals surface area (Å²) in [4.78, 5) is 0. The molecule has 0 aliphatic rings. The van der Waals surface area contributed by atoms with Crippen LogP contribution in [0.3, 0.4) is 0 Å². The first-order valence-corrected chi connectivity index (χ1v) is 7.01. The van der Waals surface area contributed by atoms with E-state index in [4.69, 9.17) is 5.73 Å². The van der Waals surface area contributed by atoms with Crippen LogP contribution in [0.2, 0.25) is 0 Å². The van der Waals surface area contributed by atoms with E-state index in [0.29, 0.717) is 17.7 Å². The minimum absolute atomic E-state index is 0.124. The molecule has 0 saturated carbocycles. The second-order valence-electron chi connectivity index (χ2n) is 3.79. The topological polar surface area (TPSA) is 60.2 Å². The lowest BCUT2D eigenvalue weighted by Gasteiger charge is -2.06. The monoisotopic (exact) mass is 245 g/mol. The number of unbranched alkanes of at least 4 members (excludes halogenated alkanes) is 1. The Hall–Kier alpha value is -1.10. The van der Waals surface area contributed by atoms with Crippen molar-refractivity contribution < 1.29 is 12.8 Å². The molecule has 0 aliphatic carbocycles. The first-order valence-electron chi connectivity index (χ1n) is 5.19. The zero-order valence-corrected chi connectivity index (χ0v) is 10.1. The van der Waals surface area contributed by atoms with E-state index in [1.54, 1.807) is 0 Å². The highest BCUT2D eigenvalue weighted by Crippen LogP contribution is 2.17. The molecule has 0 amide bonds. The second-order valence-corrected chi connectivity index (χ2v) is 5.97. The summed E-state index contributed by atoms with van der Waals surface area (Å²) in [7, 11) is -3.18. The van der Waals surface area contributed by atoms with Crippen molar-refractivity contribution in [1.29, 1.82) is 0 Å². The molecule has 0 heterocycles. The van der Waals surface area contributed by atoms with Crippen LogP contribution in [0.5, 0.6) is 0 Å². The molecule has 5 heteroatoms. The third kappa shape index (κ3) is 3.81. The largest absolute Gasteiger partial charge is 0.398 e. The number of sulfone groups is 1. The average Bonchev–Trinajstić information content (AvgIpc) is 2.20. The normalized spacial score (nSPS) is 11.6. The van der Waals surface area contributed by atoms with E-state index in [1.165, 1.54) is 18.2 Å². The van der Waals surface area contributed by atoms with Crippen LogP contribution in [0, 0.1) is 5.82 Å². The van der Waals surface area contributed by atoms with E-state index in [0.717, 1.165) is 6.42 Å². The van der Waals surface area contributed by atoms with E-state index in [1.807, 2.05) is 6.92 Å². The lowest BCUT2D eigenvalue weighted by molar-refractivity contribution is 0.591. The average molecular weight is 245 g/mol. The van der Waals surface area contributed by atoms with Crippen molar-refractivity contribution in [3.63, 3.8) is 0 Å². The second kappa shape index (κ2) is 5.30. The Labute approximate surface area is 95.4 Å². The fraction of sp³-hybridized carbons (Fsp3) is 0.455. The Morgan fingerprint density at radius 3 is 2.69 bits per heavy atom. The van der Waals surface area contributed by atoms with E-state index in [9.17, 15) is 12.8 Å². The molecule has 3 nitrogen and oxygen atoms in total. The van der Waals surface area contributed by atoms with Gasteiger partial charge >= 0.3 is 0 Å². The third-order valence-electron chi connectivity index (χ3n) is 2.29. The van der Waals surface area contributed by atoms with E-state index >= 15 is 0 Å². The van der Waals surface area contributed by atoms with Crippen molar-refractivity contribution in [2.45, 2.75) is 25.5 Å². The molecule has 1 rings (SSSR count). The van der Waals surface area contributed by atoms with Gasteiger partial charge in [0.25, 0.3) is 0 Å². The van der Waals surface area contributed by atoms with Crippen LogP contribution < -0.4 is 5.73 Å². The molecule has 0 aromatic heterocycles. The number of nitrogen functional groups attached to an aromatic ring is 1.